The molecule has 0 saturated carbocycles. The lowest BCUT2D eigenvalue weighted by atomic mass is 10.00. The van der Waals surface area contributed by atoms with Crippen LogP contribution in [0.1, 0.15) is 27.2 Å². The van der Waals surface area contributed by atoms with Gasteiger partial charge in [0, 0.05) is 31.6 Å². The lowest BCUT2D eigenvalue weighted by Gasteiger charge is -2.26. The Balaban J connectivity index is 1.11. The molecule has 1 aromatic heterocycles. The van der Waals surface area contributed by atoms with E-state index in [9.17, 15) is 9.59 Å². The van der Waals surface area contributed by atoms with Gasteiger partial charge in [-0.25, -0.2) is 4.79 Å². The molecule has 2 aliphatic rings. The van der Waals surface area contributed by atoms with Crippen molar-refractivity contribution >= 4 is 29.5 Å². The molecule has 2 amide bonds. The molecule has 0 spiro atoms. The van der Waals surface area contributed by atoms with Gasteiger partial charge in [0.05, 0.1) is 49.1 Å². The highest BCUT2D eigenvalue weighted by atomic mass is 16.5. The number of ether oxygens (including phenoxy) is 2. The molecular formula is C28H32N6O4. The molecule has 1 saturated heterocycles. The van der Waals surface area contributed by atoms with Gasteiger partial charge in [-0.2, -0.15) is 5.10 Å². The van der Waals surface area contributed by atoms with Crippen LogP contribution in [0, 0.1) is 0 Å². The van der Waals surface area contributed by atoms with Crippen molar-refractivity contribution in [3.63, 3.8) is 0 Å². The van der Waals surface area contributed by atoms with Crippen LogP contribution in [0.15, 0.2) is 60.8 Å². The highest BCUT2D eigenvalue weighted by molar-refractivity contribution is 6.05. The molecule has 3 aromatic rings. The average Bonchev–Trinajstić information content (AvgIpc) is 3.32. The molecule has 1 fully saturated rings. The molecule has 10 heteroatoms. The largest absolute Gasteiger partial charge is 0.448 e. The number of amides is 2. The third-order valence-electron chi connectivity index (χ3n) is 6.69. The summed E-state index contributed by atoms with van der Waals surface area (Å²) in [6.45, 7) is 4.81. The number of anilines is 2. The van der Waals surface area contributed by atoms with Crippen molar-refractivity contribution in [3.05, 3.63) is 83.2 Å². The summed E-state index contributed by atoms with van der Waals surface area (Å²) in [6.07, 6.45) is 6.02. The maximum absolute atomic E-state index is 12.6. The van der Waals surface area contributed by atoms with E-state index in [4.69, 9.17) is 15.2 Å². The summed E-state index contributed by atoms with van der Waals surface area (Å²) in [5.41, 5.74) is 10.7. The predicted molar refractivity (Wildman–Crippen MR) is 145 cm³/mol. The minimum atomic E-state index is -0.414. The van der Waals surface area contributed by atoms with E-state index in [0.29, 0.717) is 43.1 Å². The number of nitrogens with zero attached hydrogens (tertiary/aromatic N) is 3. The van der Waals surface area contributed by atoms with Crippen molar-refractivity contribution in [1.82, 2.24) is 20.0 Å². The predicted octanol–water partition coefficient (Wildman–Crippen LogP) is 2.76. The van der Waals surface area contributed by atoms with Gasteiger partial charge in [-0.3, -0.25) is 14.4 Å². The number of nitrogens with two attached hydrogens (primary N) is 1. The molecule has 0 bridgehead atoms. The summed E-state index contributed by atoms with van der Waals surface area (Å²) in [5.74, 6) is -0.216. The zero-order chi connectivity index (χ0) is 26.3. The Labute approximate surface area is 221 Å². The topological polar surface area (TPSA) is 124 Å². The smallest absolute Gasteiger partial charge is 0.407 e. The van der Waals surface area contributed by atoms with Crippen LogP contribution in [0.25, 0.3) is 6.08 Å². The van der Waals surface area contributed by atoms with Crippen molar-refractivity contribution in [2.75, 3.05) is 50.5 Å². The SMILES string of the molecule is Nc1ccccc1NC(=O)c1ccc(Cn2ncc3c2C=CC(NC(=O)OCCN2CCOCC2)C3)cc1. The molecule has 1 atom stereocenters. The summed E-state index contributed by atoms with van der Waals surface area (Å²) in [4.78, 5) is 27.0. The maximum atomic E-state index is 12.6. The fraction of sp³-hybridized carbons (Fsp3) is 0.321. The quantitative estimate of drug-likeness (QED) is 0.393. The normalized spacial score (nSPS) is 17.0. The van der Waals surface area contributed by atoms with E-state index in [1.807, 2.05) is 47.3 Å². The second-order valence-electron chi connectivity index (χ2n) is 9.35. The number of alkyl carbamates (subject to hydrolysis) is 1. The van der Waals surface area contributed by atoms with Gasteiger partial charge in [-0.1, -0.05) is 30.3 Å². The number of carbonyl (C=O) groups excluding carboxylic acids is 2. The van der Waals surface area contributed by atoms with Crippen LogP contribution >= 0.6 is 0 Å². The van der Waals surface area contributed by atoms with Crippen molar-refractivity contribution in [2.24, 2.45) is 0 Å². The van der Waals surface area contributed by atoms with Crippen molar-refractivity contribution in [3.8, 4) is 0 Å². The molecule has 1 aliphatic carbocycles. The zero-order valence-corrected chi connectivity index (χ0v) is 21.1. The Kier molecular flexibility index (Phi) is 8.01. The first-order valence-corrected chi connectivity index (χ1v) is 12.8. The number of fused-ring (bicyclic) bond motifs is 1. The van der Waals surface area contributed by atoms with Crippen molar-refractivity contribution in [1.29, 1.82) is 0 Å². The number of para-hydroxylation sites is 2. The Bertz CT molecular complexity index is 1300. The summed E-state index contributed by atoms with van der Waals surface area (Å²) < 4.78 is 12.6. The Hall–Kier alpha value is -4.15. The van der Waals surface area contributed by atoms with Crippen LogP contribution in [0.5, 0.6) is 0 Å². The summed E-state index contributed by atoms with van der Waals surface area (Å²) >= 11 is 0. The number of hydrogen-bond acceptors (Lipinski definition) is 7. The molecule has 5 rings (SSSR count). The van der Waals surface area contributed by atoms with Crippen LogP contribution in [0.2, 0.25) is 0 Å². The summed E-state index contributed by atoms with van der Waals surface area (Å²) in [6, 6.07) is 14.4. The molecule has 2 heterocycles. The monoisotopic (exact) mass is 516 g/mol. The number of nitrogen functional groups attached to an aromatic ring is 1. The van der Waals surface area contributed by atoms with Gasteiger partial charge in [-0.05, 0) is 41.5 Å². The molecule has 1 aliphatic heterocycles. The van der Waals surface area contributed by atoms with Gasteiger partial charge in [0.15, 0.2) is 0 Å². The molecular weight excluding hydrogens is 484 g/mol. The first kappa shape index (κ1) is 25.5. The number of rotatable bonds is 8. The Morgan fingerprint density at radius 2 is 1.89 bits per heavy atom. The molecule has 38 heavy (non-hydrogen) atoms. The molecule has 0 radical (unpaired) electrons. The van der Waals surface area contributed by atoms with E-state index in [0.717, 1.165) is 43.1 Å². The molecule has 2 aromatic carbocycles. The van der Waals surface area contributed by atoms with Crippen LogP contribution in [-0.4, -0.2) is 72.2 Å². The Morgan fingerprint density at radius 1 is 1.11 bits per heavy atom. The number of nitrogens with one attached hydrogen (secondary N) is 2. The van der Waals surface area contributed by atoms with E-state index in [1.165, 1.54) is 0 Å². The summed E-state index contributed by atoms with van der Waals surface area (Å²) in [5, 5.41) is 10.3. The van der Waals surface area contributed by atoms with Crippen molar-refractivity contribution < 1.29 is 19.1 Å². The number of morpholine rings is 1. The molecule has 1 unspecified atom stereocenters. The highest BCUT2D eigenvalue weighted by Gasteiger charge is 2.20. The minimum Gasteiger partial charge on any atom is -0.448 e. The lowest BCUT2D eigenvalue weighted by molar-refractivity contribution is 0.0280. The first-order chi connectivity index (χ1) is 18.5. The third kappa shape index (κ3) is 6.39. The van der Waals surface area contributed by atoms with Gasteiger partial charge < -0.3 is 25.8 Å². The number of carbonyl (C=O) groups is 2. The van der Waals surface area contributed by atoms with Crippen molar-refractivity contribution in [2.45, 2.75) is 19.0 Å². The van der Waals surface area contributed by atoms with E-state index in [2.05, 4.69) is 20.6 Å². The molecule has 4 N–H and O–H groups in total. The van der Waals surface area contributed by atoms with Gasteiger partial charge in [0.2, 0.25) is 0 Å². The Morgan fingerprint density at radius 3 is 2.68 bits per heavy atom. The average molecular weight is 517 g/mol. The van der Waals surface area contributed by atoms with Gasteiger partial charge in [0.1, 0.15) is 6.61 Å². The van der Waals surface area contributed by atoms with Crippen LogP contribution in [0.3, 0.4) is 0 Å². The third-order valence-corrected chi connectivity index (χ3v) is 6.69. The second kappa shape index (κ2) is 11.9. The van der Waals surface area contributed by atoms with E-state index >= 15 is 0 Å². The summed E-state index contributed by atoms with van der Waals surface area (Å²) in [7, 11) is 0. The fourth-order valence-corrected chi connectivity index (χ4v) is 4.55. The van der Waals surface area contributed by atoms with E-state index in [1.54, 1.807) is 24.3 Å². The lowest BCUT2D eigenvalue weighted by Crippen LogP contribution is -2.40. The number of benzene rings is 2. The first-order valence-electron chi connectivity index (χ1n) is 12.8. The van der Waals surface area contributed by atoms with Gasteiger partial charge in [-0.15, -0.1) is 0 Å². The molecule has 198 valence electrons. The van der Waals surface area contributed by atoms with E-state index < -0.39 is 6.09 Å². The van der Waals surface area contributed by atoms with Crippen LogP contribution < -0.4 is 16.4 Å². The second-order valence-corrected chi connectivity index (χ2v) is 9.35. The number of hydrogen-bond donors (Lipinski definition) is 3. The zero-order valence-electron chi connectivity index (χ0n) is 21.1. The van der Waals surface area contributed by atoms with Gasteiger partial charge >= 0.3 is 6.09 Å². The van der Waals surface area contributed by atoms with Gasteiger partial charge in [0.25, 0.3) is 5.91 Å². The highest BCUT2D eigenvalue weighted by Crippen LogP contribution is 2.21. The number of aromatic nitrogens is 2. The maximum Gasteiger partial charge on any atom is 0.407 e. The minimum absolute atomic E-state index is 0.146. The van der Waals surface area contributed by atoms with Crippen LogP contribution in [-0.2, 0) is 22.4 Å². The standard InChI is InChI=1S/C28H32N6O4/c29-24-3-1-2-4-25(24)32-27(35)21-7-5-20(6-8-21)19-34-26-10-9-23(17-22(26)18-30-34)31-28(36)38-16-13-33-11-14-37-15-12-33/h1-10,18,23H,11-17,19,29H2,(H,31,36)(H,32,35). The fourth-order valence-electron chi connectivity index (χ4n) is 4.55. The van der Waals surface area contributed by atoms with E-state index in [-0.39, 0.29) is 11.9 Å². The van der Waals surface area contributed by atoms with Crippen LogP contribution in [0.4, 0.5) is 16.2 Å². The molecule has 10 nitrogen and oxygen atoms in total.